The van der Waals surface area contributed by atoms with Crippen molar-refractivity contribution in [2.24, 2.45) is 11.7 Å². The van der Waals surface area contributed by atoms with Crippen molar-refractivity contribution >= 4 is 11.6 Å². The Morgan fingerprint density at radius 3 is 2.47 bits per heavy atom. The van der Waals surface area contributed by atoms with E-state index in [1.54, 1.807) is 6.07 Å². The number of rotatable bonds is 2. The highest BCUT2D eigenvalue weighted by molar-refractivity contribution is 6.31. The van der Waals surface area contributed by atoms with Crippen LogP contribution < -0.4 is 5.73 Å². The SMILES string of the molecule is N[C@H](c1ccc(Cl)c(C(F)(F)F)c1)C1CCOCC1. The van der Waals surface area contributed by atoms with Gasteiger partial charge in [-0.1, -0.05) is 17.7 Å². The fourth-order valence-electron chi connectivity index (χ4n) is 2.31. The van der Waals surface area contributed by atoms with Gasteiger partial charge in [-0.05, 0) is 36.5 Å². The van der Waals surface area contributed by atoms with E-state index in [1.807, 2.05) is 0 Å². The Balaban J connectivity index is 2.24. The van der Waals surface area contributed by atoms with Crippen molar-refractivity contribution in [3.05, 3.63) is 34.3 Å². The van der Waals surface area contributed by atoms with Crippen LogP contribution in [0.4, 0.5) is 13.2 Å². The van der Waals surface area contributed by atoms with Crippen LogP contribution in [-0.2, 0) is 10.9 Å². The molecule has 1 atom stereocenters. The lowest BCUT2D eigenvalue weighted by Crippen LogP contribution is -2.27. The number of alkyl halides is 3. The van der Waals surface area contributed by atoms with Gasteiger partial charge in [0.15, 0.2) is 0 Å². The summed E-state index contributed by atoms with van der Waals surface area (Å²) in [5, 5.41) is -0.296. The summed E-state index contributed by atoms with van der Waals surface area (Å²) in [4.78, 5) is 0. The highest BCUT2D eigenvalue weighted by atomic mass is 35.5. The third kappa shape index (κ3) is 3.41. The first-order valence-corrected chi connectivity index (χ1v) is 6.47. The van der Waals surface area contributed by atoms with Crippen LogP contribution in [0.1, 0.15) is 30.0 Å². The molecule has 0 unspecified atom stereocenters. The van der Waals surface area contributed by atoms with Crippen LogP contribution in [0.2, 0.25) is 5.02 Å². The quantitative estimate of drug-likeness (QED) is 0.900. The van der Waals surface area contributed by atoms with Crippen LogP contribution in [0, 0.1) is 5.92 Å². The van der Waals surface area contributed by atoms with Crippen molar-refractivity contribution in [2.75, 3.05) is 13.2 Å². The second kappa shape index (κ2) is 5.69. The zero-order valence-electron chi connectivity index (χ0n) is 10.2. The van der Waals surface area contributed by atoms with Gasteiger partial charge in [0.1, 0.15) is 0 Å². The van der Waals surface area contributed by atoms with Crippen molar-refractivity contribution < 1.29 is 17.9 Å². The zero-order chi connectivity index (χ0) is 14.0. The molecule has 2 nitrogen and oxygen atoms in total. The van der Waals surface area contributed by atoms with Gasteiger partial charge in [0, 0.05) is 19.3 Å². The Kier molecular flexibility index (Phi) is 4.38. The average molecular weight is 294 g/mol. The normalized spacial score (nSPS) is 19.4. The van der Waals surface area contributed by atoms with Gasteiger partial charge in [0.05, 0.1) is 10.6 Å². The van der Waals surface area contributed by atoms with Crippen LogP contribution >= 0.6 is 11.6 Å². The summed E-state index contributed by atoms with van der Waals surface area (Å²) in [5.41, 5.74) is 5.72. The molecule has 0 bridgehead atoms. The zero-order valence-corrected chi connectivity index (χ0v) is 11.0. The third-order valence-corrected chi connectivity index (χ3v) is 3.78. The highest BCUT2D eigenvalue weighted by Crippen LogP contribution is 2.37. The minimum absolute atomic E-state index is 0.149. The molecular weight excluding hydrogens is 279 g/mol. The van der Waals surface area contributed by atoms with Crippen molar-refractivity contribution in [3.8, 4) is 0 Å². The molecule has 1 aliphatic rings. The second-order valence-corrected chi connectivity index (χ2v) is 5.12. The Bertz CT molecular complexity index is 444. The van der Waals surface area contributed by atoms with Crippen LogP contribution in [0.25, 0.3) is 0 Å². The summed E-state index contributed by atoms with van der Waals surface area (Å²) in [5.74, 6) is 0.149. The minimum atomic E-state index is -4.46. The molecule has 1 heterocycles. The monoisotopic (exact) mass is 293 g/mol. The predicted molar refractivity (Wildman–Crippen MR) is 66.9 cm³/mol. The molecular formula is C13H15ClF3NO. The van der Waals surface area contributed by atoms with Crippen LogP contribution in [0.3, 0.4) is 0 Å². The molecule has 1 aliphatic heterocycles. The van der Waals surface area contributed by atoms with Crippen LogP contribution in [-0.4, -0.2) is 13.2 Å². The second-order valence-electron chi connectivity index (χ2n) is 4.71. The molecule has 6 heteroatoms. The highest BCUT2D eigenvalue weighted by Gasteiger charge is 2.34. The van der Waals surface area contributed by atoms with Gasteiger partial charge in [-0.3, -0.25) is 0 Å². The number of hydrogen-bond acceptors (Lipinski definition) is 2. The maximum Gasteiger partial charge on any atom is 0.417 e. The van der Waals surface area contributed by atoms with Gasteiger partial charge in [-0.2, -0.15) is 13.2 Å². The first kappa shape index (κ1) is 14.6. The summed E-state index contributed by atoms with van der Waals surface area (Å²) in [6, 6.07) is 3.47. The molecule has 19 heavy (non-hydrogen) atoms. The van der Waals surface area contributed by atoms with E-state index in [0.29, 0.717) is 18.8 Å². The predicted octanol–water partition coefficient (Wildman–Crippen LogP) is 3.79. The van der Waals surface area contributed by atoms with Gasteiger partial charge in [0.2, 0.25) is 0 Å². The summed E-state index contributed by atoms with van der Waals surface area (Å²) < 4.78 is 43.6. The number of hydrogen-bond donors (Lipinski definition) is 1. The topological polar surface area (TPSA) is 35.2 Å². The molecule has 1 saturated heterocycles. The number of halogens is 4. The summed E-state index contributed by atoms with van der Waals surface area (Å²) >= 11 is 5.59. The number of nitrogens with two attached hydrogens (primary N) is 1. The van der Waals surface area contributed by atoms with Gasteiger partial charge in [-0.15, -0.1) is 0 Å². The fraction of sp³-hybridized carbons (Fsp3) is 0.538. The summed E-state index contributed by atoms with van der Waals surface area (Å²) in [6.07, 6.45) is -2.92. The van der Waals surface area contributed by atoms with E-state index < -0.39 is 17.8 Å². The fourth-order valence-corrected chi connectivity index (χ4v) is 2.54. The van der Waals surface area contributed by atoms with E-state index in [1.165, 1.54) is 6.07 Å². The lowest BCUT2D eigenvalue weighted by atomic mass is 9.87. The molecule has 0 radical (unpaired) electrons. The van der Waals surface area contributed by atoms with Gasteiger partial charge in [-0.25, -0.2) is 0 Å². The summed E-state index contributed by atoms with van der Waals surface area (Å²) in [7, 11) is 0. The van der Waals surface area contributed by atoms with Crippen molar-refractivity contribution in [1.29, 1.82) is 0 Å². The van der Waals surface area contributed by atoms with E-state index in [4.69, 9.17) is 22.1 Å². The molecule has 1 aromatic rings. The number of ether oxygens (including phenoxy) is 1. The molecule has 1 fully saturated rings. The molecule has 0 amide bonds. The molecule has 0 spiro atoms. The third-order valence-electron chi connectivity index (χ3n) is 3.45. The van der Waals surface area contributed by atoms with Gasteiger partial charge < -0.3 is 10.5 Å². The van der Waals surface area contributed by atoms with E-state index >= 15 is 0 Å². The van der Waals surface area contributed by atoms with Crippen molar-refractivity contribution in [2.45, 2.75) is 25.1 Å². The minimum Gasteiger partial charge on any atom is -0.381 e. The number of benzene rings is 1. The van der Waals surface area contributed by atoms with E-state index in [2.05, 4.69) is 0 Å². The smallest absolute Gasteiger partial charge is 0.381 e. The molecule has 1 aromatic carbocycles. The first-order chi connectivity index (χ1) is 8.89. The summed E-state index contributed by atoms with van der Waals surface area (Å²) in [6.45, 7) is 1.22. The molecule has 0 saturated carbocycles. The first-order valence-electron chi connectivity index (χ1n) is 6.09. The van der Waals surface area contributed by atoms with E-state index in [-0.39, 0.29) is 10.9 Å². The molecule has 0 aromatic heterocycles. The molecule has 2 N–H and O–H groups in total. The maximum atomic E-state index is 12.8. The standard InChI is InChI=1S/C13H15ClF3NO/c14-11-2-1-9(7-10(11)13(15,16)17)12(18)8-3-5-19-6-4-8/h1-2,7-8,12H,3-6,18H2/t12-/m0/s1. The molecule has 106 valence electrons. The van der Waals surface area contributed by atoms with Crippen LogP contribution in [0.5, 0.6) is 0 Å². The largest absolute Gasteiger partial charge is 0.417 e. The Labute approximate surface area is 114 Å². The Morgan fingerprint density at radius 1 is 1.26 bits per heavy atom. The Morgan fingerprint density at radius 2 is 1.89 bits per heavy atom. The van der Waals surface area contributed by atoms with Crippen molar-refractivity contribution in [1.82, 2.24) is 0 Å². The Hall–Kier alpha value is -0.780. The molecule has 0 aliphatic carbocycles. The lowest BCUT2D eigenvalue weighted by Gasteiger charge is -2.28. The van der Waals surface area contributed by atoms with Gasteiger partial charge in [0.25, 0.3) is 0 Å². The van der Waals surface area contributed by atoms with E-state index in [0.717, 1.165) is 18.9 Å². The van der Waals surface area contributed by atoms with Crippen LogP contribution in [0.15, 0.2) is 18.2 Å². The van der Waals surface area contributed by atoms with Gasteiger partial charge >= 0.3 is 6.18 Å². The average Bonchev–Trinajstić information content (AvgIpc) is 2.38. The van der Waals surface area contributed by atoms with E-state index in [9.17, 15) is 13.2 Å². The molecule has 2 rings (SSSR count). The van der Waals surface area contributed by atoms with Crippen molar-refractivity contribution in [3.63, 3.8) is 0 Å². The maximum absolute atomic E-state index is 12.8. The lowest BCUT2D eigenvalue weighted by molar-refractivity contribution is -0.137.